The van der Waals surface area contributed by atoms with Crippen LogP contribution in [-0.4, -0.2) is 51.8 Å². The molecule has 2 fully saturated rings. The van der Waals surface area contributed by atoms with E-state index in [4.69, 9.17) is 0 Å². The first kappa shape index (κ1) is 30.2. The average Bonchev–Trinajstić information content (AvgIpc) is 3.47. The first-order valence-electron chi connectivity index (χ1n) is 10.5. The van der Waals surface area contributed by atoms with Crippen LogP contribution in [-0.2, 0) is 26.2 Å². The molecule has 2 aliphatic carbocycles. The van der Waals surface area contributed by atoms with Crippen molar-refractivity contribution in [2.75, 3.05) is 26.2 Å². The smallest absolute Gasteiger partial charge is 1.00 e. The van der Waals surface area contributed by atoms with Crippen LogP contribution in [0.2, 0.25) is 26.2 Å². The Balaban J connectivity index is 0.000000490. The number of nitrogens with zero attached hydrogens (tertiary/aromatic N) is 2. The Kier molecular flexibility index (Phi) is 14.2. The molecular formula is C22H36Br2N2Si2Zr. The minimum atomic E-state index is -1.29. The first-order chi connectivity index (χ1) is 12.4. The van der Waals surface area contributed by atoms with E-state index in [1.54, 1.807) is 0 Å². The Bertz CT molecular complexity index is 564. The van der Waals surface area contributed by atoms with Crippen molar-refractivity contribution in [3.8, 4) is 0 Å². The van der Waals surface area contributed by atoms with Gasteiger partial charge in [-0.2, -0.15) is 12.2 Å². The predicted molar refractivity (Wildman–Crippen MR) is 118 cm³/mol. The molecule has 0 amide bonds. The number of halogens is 2. The third-order valence-corrected chi connectivity index (χ3v) is 13.9. The zero-order valence-corrected chi connectivity index (χ0v) is 26.2. The SMILES string of the molecule is C[Si](C)(C1=[C-]CC=C1)N1CCCC1.C[Si](C)(C1=[C-]CC=C1)N1CCCC1.[Br-].[Br-].[Zr+4]. The zero-order chi connectivity index (χ0) is 18.6. The van der Waals surface area contributed by atoms with Crippen LogP contribution in [0.3, 0.4) is 0 Å². The molecule has 2 heterocycles. The van der Waals surface area contributed by atoms with Gasteiger partial charge in [-0.25, -0.2) is 22.5 Å². The van der Waals surface area contributed by atoms with Gasteiger partial charge in [0.25, 0.3) is 0 Å². The Labute approximate surface area is 221 Å². The van der Waals surface area contributed by atoms with Crippen molar-refractivity contribution in [2.45, 2.75) is 64.7 Å². The Morgan fingerprint density at radius 2 is 0.966 bits per heavy atom. The fourth-order valence-corrected chi connectivity index (χ4v) is 10.2. The first-order valence-corrected chi connectivity index (χ1v) is 16.4. The summed E-state index contributed by atoms with van der Waals surface area (Å²) < 4.78 is 5.43. The third-order valence-electron chi connectivity index (χ3n) is 6.50. The van der Waals surface area contributed by atoms with E-state index >= 15 is 0 Å². The summed E-state index contributed by atoms with van der Waals surface area (Å²) in [5, 5.41) is 3.05. The van der Waals surface area contributed by atoms with Gasteiger partial charge < -0.3 is 43.1 Å². The van der Waals surface area contributed by atoms with E-state index < -0.39 is 16.5 Å². The summed E-state index contributed by atoms with van der Waals surface area (Å²) in [6, 6.07) is 0. The second-order valence-corrected chi connectivity index (χ2v) is 17.5. The van der Waals surface area contributed by atoms with Gasteiger partial charge in [0.05, 0.1) is 0 Å². The molecule has 0 saturated carbocycles. The molecule has 7 heteroatoms. The van der Waals surface area contributed by atoms with Crippen molar-refractivity contribution in [2.24, 2.45) is 0 Å². The summed E-state index contributed by atoms with van der Waals surface area (Å²) >= 11 is 0. The van der Waals surface area contributed by atoms with Gasteiger partial charge in [0.1, 0.15) is 16.5 Å². The molecule has 2 aliphatic heterocycles. The van der Waals surface area contributed by atoms with Gasteiger partial charge in [-0.1, -0.05) is 26.2 Å². The maximum absolute atomic E-state index is 3.50. The van der Waals surface area contributed by atoms with Crippen LogP contribution in [0.5, 0.6) is 0 Å². The molecule has 4 rings (SSSR count). The Morgan fingerprint density at radius 1 is 0.655 bits per heavy atom. The van der Waals surface area contributed by atoms with Crippen molar-refractivity contribution in [1.82, 2.24) is 9.13 Å². The maximum atomic E-state index is 3.50. The molecule has 0 unspecified atom stereocenters. The van der Waals surface area contributed by atoms with E-state index in [-0.39, 0.29) is 60.2 Å². The maximum Gasteiger partial charge on any atom is 4.00 e. The van der Waals surface area contributed by atoms with Crippen LogP contribution in [0.15, 0.2) is 34.7 Å². The molecule has 0 atom stereocenters. The average molecular weight is 636 g/mol. The van der Waals surface area contributed by atoms with Crippen molar-refractivity contribution in [3.05, 3.63) is 46.8 Å². The quantitative estimate of drug-likeness (QED) is 0.290. The molecule has 0 radical (unpaired) electrons. The van der Waals surface area contributed by atoms with Crippen LogP contribution >= 0.6 is 0 Å². The number of allylic oxidation sites excluding steroid dienone is 8. The van der Waals surface area contributed by atoms with E-state index in [0.29, 0.717) is 0 Å². The van der Waals surface area contributed by atoms with Gasteiger partial charge in [0, 0.05) is 0 Å². The van der Waals surface area contributed by atoms with Gasteiger partial charge in [-0.15, -0.1) is 12.8 Å². The zero-order valence-electron chi connectivity index (χ0n) is 18.5. The predicted octanol–water partition coefficient (Wildman–Crippen LogP) is -0.963. The van der Waals surface area contributed by atoms with Gasteiger partial charge in [-0.05, 0) is 51.9 Å². The molecular weight excluding hydrogens is 599 g/mol. The van der Waals surface area contributed by atoms with Crippen LogP contribution in [0.1, 0.15) is 38.5 Å². The summed E-state index contributed by atoms with van der Waals surface area (Å²) in [6.45, 7) is 15.1. The van der Waals surface area contributed by atoms with Gasteiger partial charge in [0.2, 0.25) is 0 Å². The minimum Gasteiger partial charge on any atom is -1.00 e. The van der Waals surface area contributed by atoms with Crippen molar-refractivity contribution in [3.63, 3.8) is 0 Å². The molecule has 2 nitrogen and oxygen atoms in total. The van der Waals surface area contributed by atoms with E-state index in [1.165, 1.54) is 62.3 Å². The molecule has 29 heavy (non-hydrogen) atoms. The van der Waals surface area contributed by atoms with Crippen LogP contribution < -0.4 is 34.0 Å². The third kappa shape index (κ3) is 7.61. The molecule has 2 saturated heterocycles. The summed E-state index contributed by atoms with van der Waals surface area (Å²) in [7, 11) is -2.57. The van der Waals surface area contributed by atoms with Crippen LogP contribution in [0.4, 0.5) is 0 Å². The topological polar surface area (TPSA) is 6.48 Å². The normalized spacial score (nSPS) is 21.5. The van der Waals surface area contributed by atoms with Gasteiger partial charge in [-0.3, -0.25) is 12.2 Å². The Hall–Kier alpha value is 1.16. The Morgan fingerprint density at radius 3 is 1.21 bits per heavy atom. The number of rotatable bonds is 4. The number of hydrogen-bond donors (Lipinski definition) is 0. The van der Waals surface area contributed by atoms with Gasteiger partial charge in [0.15, 0.2) is 0 Å². The van der Waals surface area contributed by atoms with Crippen molar-refractivity contribution in [1.29, 1.82) is 0 Å². The summed E-state index contributed by atoms with van der Waals surface area (Å²) in [6.07, 6.45) is 23.7. The number of hydrogen-bond acceptors (Lipinski definition) is 2. The van der Waals surface area contributed by atoms with Gasteiger partial charge >= 0.3 is 26.2 Å². The van der Waals surface area contributed by atoms with Crippen LogP contribution in [0, 0.1) is 12.2 Å². The molecule has 0 N–H and O–H groups in total. The minimum absolute atomic E-state index is 0. The van der Waals surface area contributed by atoms with E-state index in [2.05, 4.69) is 71.8 Å². The van der Waals surface area contributed by atoms with Crippen LogP contribution in [0.25, 0.3) is 0 Å². The summed E-state index contributed by atoms with van der Waals surface area (Å²) in [4.78, 5) is 0. The van der Waals surface area contributed by atoms with E-state index in [0.717, 1.165) is 12.8 Å². The molecule has 0 aromatic rings. The fourth-order valence-electron chi connectivity index (χ4n) is 4.54. The summed E-state index contributed by atoms with van der Waals surface area (Å²) in [5.41, 5.74) is 0. The molecule has 0 bridgehead atoms. The fraction of sp³-hybridized carbons (Fsp3) is 0.636. The monoisotopic (exact) mass is 632 g/mol. The molecule has 160 valence electrons. The molecule has 4 aliphatic rings. The molecule has 0 aromatic heterocycles. The van der Waals surface area contributed by atoms with Crippen molar-refractivity contribution < 1.29 is 60.2 Å². The molecule has 0 aromatic carbocycles. The van der Waals surface area contributed by atoms with E-state index in [1.807, 2.05) is 0 Å². The molecule has 0 spiro atoms. The summed E-state index contributed by atoms with van der Waals surface area (Å²) in [5.74, 6) is 0. The van der Waals surface area contributed by atoms with E-state index in [9.17, 15) is 0 Å². The standard InChI is InChI=1S/2C11H18NSi.2BrH.Zr/c2*1-13(2,11-7-3-4-8-11)12-9-5-6-10-12;;;/h2*3,7H,4-6,9-10H2,1-2H3;2*1H;/q2*-1;;;+4/p-2. The second-order valence-electron chi connectivity index (χ2n) is 8.90. The largest absolute Gasteiger partial charge is 4.00 e. The second kappa shape index (κ2) is 13.6. The van der Waals surface area contributed by atoms with Crippen molar-refractivity contribution >= 4 is 16.5 Å².